The standard InChI is InChI=1S/C16H19ClN2/c1-11-13(10-12-8-6-5-7-9-12)14(17)19-15(18-11)16(2,3)4/h5-9H,10H2,1-4H3. The van der Waals surface area contributed by atoms with E-state index in [0.717, 1.165) is 23.5 Å². The number of hydrogen-bond acceptors (Lipinski definition) is 2. The molecule has 0 bridgehead atoms. The molecule has 19 heavy (non-hydrogen) atoms. The predicted molar refractivity (Wildman–Crippen MR) is 79.7 cm³/mol. The number of halogens is 1. The lowest BCUT2D eigenvalue weighted by Gasteiger charge is -2.19. The van der Waals surface area contributed by atoms with Crippen LogP contribution in [0.4, 0.5) is 0 Å². The Balaban J connectivity index is 2.38. The Hall–Kier alpha value is -1.41. The van der Waals surface area contributed by atoms with Crippen molar-refractivity contribution in [2.45, 2.75) is 39.5 Å². The molecule has 2 nitrogen and oxygen atoms in total. The van der Waals surface area contributed by atoms with Gasteiger partial charge in [-0.15, -0.1) is 0 Å². The number of benzene rings is 1. The van der Waals surface area contributed by atoms with E-state index in [1.165, 1.54) is 5.56 Å². The van der Waals surface area contributed by atoms with Gasteiger partial charge in [0.15, 0.2) is 0 Å². The molecule has 3 heteroatoms. The average molecular weight is 275 g/mol. The third kappa shape index (κ3) is 3.32. The fraction of sp³-hybridized carbons (Fsp3) is 0.375. The van der Waals surface area contributed by atoms with Gasteiger partial charge in [-0.3, -0.25) is 0 Å². The highest BCUT2D eigenvalue weighted by atomic mass is 35.5. The fourth-order valence-corrected chi connectivity index (χ4v) is 2.18. The quantitative estimate of drug-likeness (QED) is 0.762. The molecule has 0 saturated heterocycles. The van der Waals surface area contributed by atoms with Gasteiger partial charge in [0, 0.05) is 23.1 Å². The van der Waals surface area contributed by atoms with Crippen LogP contribution in [-0.4, -0.2) is 9.97 Å². The van der Waals surface area contributed by atoms with Crippen LogP contribution >= 0.6 is 11.6 Å². The van der Waals surface area contributed by atoms with E-state index in [0.29, 0.717) is 5.15 Å². The summed E-state index contributed by atoms with van der Waals surface area (Å²) in [7, 11) is 0. The molecule has 2 aromatic rings. The minimum atomic E-state index is -0.0837. The highest BCUT2D eigenvalue weighted by molar-refractivity contribution is 6.30. The van der Waals surface area contributed by atoms with Crippen molar-refractivity contribution in [2.75, 3.05) is 0 Å². The van der Waals surface area contributed by atoms with Crippen LogP contribution in [-0.2, 0) is 11.8 Å². The van der Waals surface area contributed by atoms with Gasteiger partial charge in [-0.1, -0.05) is 62.7 Å². The maximum atomic E-state index is 6.34. The largest absolute Gasteiger partial charge is 0.237 e. The topological polar surface area (TPSA) is 25.8 Å². The smallest absolute Gasteiger partial charge is 0.136 e. The summed E-state index contributed by atoms with van der Waals surface area (Å²) in [6.07, 6.45) is 0.774. The van der Waals surface area contributed by atoms with E-state index in [4.69, 9.17) is 11.6 Å². The monoisotopic (exact) mass is 274 g/mol. The van der Waals surface area contributed by atoms with Crippen LogP contribution < -0.4 is 0 Å². The number of aryl methyl sites for hydroxylation is 1. The molecule has 0 fully saturated rings. The van der Waals surface area contributed by atoms with Crippen molar-refractivity contribution in [1.82, 2.24) is 9.97 Å². The summed E-state index contributed by atoms with van der Waals surface area (Å²) >= 11 is 6.34. The van der Waals surface area contributed by atoms with Gasteiger partial charge in [0.05, 0.1) is 0 Å². The third-order valence-corrected chi connectivity index (χ3v) is 3.37. The zero-order chi connectivity index (χ0) is 14.0. The molecule has 0 N–H and O–H groups in total. The van der Waals surface area contributed by atoms with E-state index in [9.17, 15) is 0 Å². The zero-order valence-corrected chi connectivity index (χ0v) is 12.6. The number of rotatable bonds is 2. The Bertz CT molecular complexity index is 548. The molecule has 0 radical (unpaired) electrons. The van der Waals surface area contributed by atoms with Crippen LogP contribution in [0.25, 0.3) is 0 Å². The van der Waals surface area contributed by atoms with Gasteiger partial charge < -0.3 is 0 Å². The first-order chi connectivity index (χ1) is 8.88. The Morgan fingerprint density at radius 3 is 2.21 bits per heavy atom. The van der Waals surface area contributed by atoms with Crippen molar-refractivity contribution in [1.29, 1.82) is 0 Å². The van der Waals surface area contributed by atoms with E-state index >= 15 is 0 Å². The highest BCUT2D eigenvalue weighted by Gasteiger charge is 2.20. The SMILES string of the molecule is Cc1nc(C(C)(C)C)nc(Cl)c1Cc1ccccc1. The summed E-state index contributed by atoms with van der Waals surface area (Å²) < 4.78 is 0. The number of nitrogens with zero attached hydrogens (tertiary/aromatic N) is 2. The molecule has 1 aromatic heterocycles. The molecule has 2 rings (SSSR count). The minimum Gasteiger partial charge on any atom is -0.237 e. The Labute approximate surface area is 119 Å². The Morgan fingerprint density at radius 1 is 1.05 bits per heavy atom. The molecule has 0 saturated carbocycles. The van der Waals surface area contributed by atoms with E-state index in [-0.39, 0.29) is 5.41 Å². The first-order valence-corrected chi connectivity index (χ1v) is 6.83. The molecule has 100 valence electrons. The molecular weight excluding hydrogens is 256 g/mol. The lowest BCUT2D eigenvalue weighted by Crippen LogP contribution is -2.18. The molecular formula is C16H19ClN2. The second kappa shape index (κ2) is 5.30. The van der Waals surface area contributed by atoms with Crippen molar-refractivity contribution >= 4 is 11.6 Å². The Morgan fingerprint density at radius 2 is 1.68 bits per heavy atom. The molecule has 0 spiro atoms. The van der Waals surface area contributed by atoms with E-state index in [1.54, 1.807) is 0 Å². The maximum absolute atomic E-state index is 6.34. The molecule has 1 aromatic carbocycles. The highest BCUT2D eigenvalue weighted by Crippen LogP contribution is 2.25. The molecule has 0 amide bonds. The molecule has 0 aliphatic rings. The summed E-state index contributed by atoms with van der Waals surface area (Å²) in [5, 5.41) is 0.571. The first kappa shape index (κ1) is 14.0. The van der Waals surface area contributed by atoms with Gasteiger partial charge in [0.2, 0.25) is 0 Å². The van der Waals surface area contributed by atoms with Crippen LogP contribution in [0.15, 0.2) is 30.3 Å². The number of hydrogen-bond donors (Lipinski definition) is 0. The van der Waals surface area contributed by atoms with Gasteiger partial charge >= 0.3 is 0 Å². The molecule has 0 atom stereocenters. The van der Waals surface area contributed by atoms with Gasteiger partial charge in [-0.05, 0) is 12.5 Å². The summed E-state index contributed by atoms with van der Waals surface area (Å²) in [4.78, 5) is 9.06. The molecule has 0 aliphatic heterocycles. The second-order valence-electron chi connectivity index (χ2n) is 5.81. The van der Waals surface area contributed by atoms with Gasteiger partial charge in [0.25, 0.3) is 0 Å². The first-order valence-electron chi connectivity index (χ1n) is 6.45. The summed E-state index contributed by atoms with van der Waals surface area (Å²) in [6.45, 7) is 8.28. The predicted octanol–water partition coefficient (Wildman–Crippen LogP) is 4.33. The minimum absolute atomic E-state index is 0.0837. The van der Waals surface area contributed by atoms with E-state index in [2.05, 4.69) is 42.9 Å². The molecule has 0 aliphatic carbocycles. The zero-order valence-electron chi connectivity index (χ0n) is 11.9. The molecule has 1 heterocycles. The lowest BCUT2D eigenvalue weighted by molar-refractivity contribution is 0.542. The van der Waals surface area contributed by atoms with Crippen molar-refractivity contribution in [3.63, 3.8) is 0 Å². The fourth-order valence-electron chi connectivity index (χ4n) is 1.90. The Kier molecular flexibility index (Phi) is 3.91. The van der Waals surface area contributed by atoms with Crippen LogP contribution in [0.1, 0.15) is 43.4 Å². The van der Waals surface area contributed by atoms with Gasteiger partial charge in [0.1, 0.15) is 11.0 Å². The lowest BCUT2D eigenvalue weighted by atomic mass is 9.95. The van der Waals surface area contributed by atoms with Gasteiger partial charge in [-0.2, -0.15) is 0 Å². The summed E-state index contributed by atoms with van der Waals surface area (Å²) in [5.41, 5.74) is 3.12. The summed E-state index contributed by atoms with van der Waals surface area (Å²) in [6, 6.07) is 10.3. The van der Waals surface area contributed by atoms with Gasteiger partial charge in [-0.25, -0.2) is 9.97 Å². The van der Waals surface area contributed by atoms with E-state index in [1.807, 2.05) is 25.1 Å². The third-order valence-electron chi connectivity index (χ3n) is 3.06. The van der Waals surface area contributed by atoms with Crippen molar-refractivity contribution in [3.05, 3.63) is 58.1 Å². The van der Waals surface area contributed by atoms with Crippen LogP contribution in [0.3, 0.4) is 0 Å². The average Bonchev–Trinajstić information content (AvgIpc) is 2.33. The van der Waals surface area contributed by atoms with Crippen LogP contribution in [0.2, 0.25) is 5.15 Å². The van der Waals surface area contributed by atoms with Crippen molar-refractivity contribution < 1.29 is 0 Å². The second-order valence-corrected chi connectivity index (χ2v) is 6.17. The van der Waals surface area contributed by atoms with Crippen LogP contribution in [0.5, 0.6) is 0 Å². The van der Waals surface area contributed by atoms with Crippen LogP contribution in [0, 0.1) is 6.92 Å². The molecule has 0 unspecified atom stereocenters. The van der Waals surface area contributed by atoms with E-state index < -0.39 is 0 Å². The van der Waals surface area contributed by atoms with Crippen molar-refractivity contribution in [2.24, 2.45) is 0 Å². The summed E-state index contributed by atoms with van der Waals surface area (Å²) in [5.74, 6) is 0.798. The number of aromatic nitrogens is 2. The maximum Gasteiger partial charge on any atom is 0.136 e. The van der Waals surface area contributed by atoms with Crippen molar-refractivity contribution in [3.8, 4) is 0 Å². The normalized spacial score (nSPS) is 11.6.